The third kappa shape index (κ3) is 1.64. The van der Waals surface area contributed by atoms with Crippen molar-refractivity contribution in [3.05, 3.63) is 35.4 Å². The predicted octanol–water partition coefficient (Wildman–Crippen LogP) is 2.63. The van der Waals surface area contributed by atoms with Gasteiger partial charge in [-0.25, -0.2) is 0 Å². The van der Waals surface area contributed by atoms with E-state index in [2.05, 4.69) is 35.1 Å². The molecule has 1 aliphatic heterocycles. The lowest BCUT2D eigenvalue weighted by molar-refractivity contribution is 0.187. The van der Waals surface area contributed by atoms with Crippen LogP contribution in [0.2, 0.25) is 0 Å². The molecular weight excluding hydrogens is 194 g/mol. The number of terminal acetylenes is 1. The van der Waals surface area contributed by atoms with Crippen LogP contribution in [-0.2, 0) is 6.42 Å². The summed E-state index contributed by atoms with van der Waals surface area (Å²) in [5.41, 5.74) is 3.07. The van der Waals surface area contributed by atoms with Gasteiger partial charge in [0.1, 0.15) is 0 Å². The van der Waals surface area contributed by atoms with Crippen LogP contribution < -0.4 is 0 Å². The summed E-state index contributed by atoms with van der Waals surface area (Å²) >= 11 is 0. The molecule has 0 aromatic heterocycles. The number of nitrogens with zero attached hydrogens (tertiary/aromatic N) is 1. The molecule has 1 fully saturated rings. The standard InChI is InChI=1S/C15H17N/c1-2-10-16-11-9-12-5-3-4-6-14(12)15(16)13-7-8-13/h1,3-6,13,15H,7-11H2. The molecule has 1 unspecified atom stereocenters. The van der Waals surface area contributed by atoms with E-state index in [0.717, 1.165) is 25.4 Å². The first-order chi connectivity index (χ1) is 7.90. The Morgan fingerprint density at radius 2 is 2.12 bits per heavy atom. The molecule has 1 heteroatoms. The summed E-state index contributed by atoms with van der Waals surface area (Å²) in [7, 11) is 0. The molecule has 0 amide bonds. The highest BCUT2D eigenvalue weighted by molar-refractivity contribution is 5.34. The monoisotopic (exact) mass is 211 g/mol. The molecule has 0 spiro atoms. The molecule has 16 heavy (non-hydrogen) atoms. The van der Waals surface area contributed by atoms with Gasteiger partial charge in [0, 0.05) is 12.6 Å². The van der Waals surface area contributed by atoms with E-state index in [1.54, 1.807) is 0 Å². The van der Waals surface area contributed by atoms with Gasteiger partial charge in [0.05, 0.1) is 6.54 Å². The molecule has 1 aliphatic carbocycles. The number of rotatable bonds is 2. The Balaban J connectivity index is 1.96. The zero-order valence-electron chi connectivity index (χ0n) is 9.52. The van der Waals surface area contributed by atoms with E-state index in [9.17, 15) is 0 Å². The van der Waals surface area contributed by atoms with Crippen molar-refractivity contribution in [3.63, 3.8) is 0 Å². The molecule has 0 N–H and O–H groups in total. The van der Waals surface area contributed by atoms with Crippen molar-refractivity contribution in [2.75, 3.05) is 13.1 Å². The minimum atomic E-state index is 0.598. The highest BCUT2D eigenvalue weighted by Gasteiger charge is 2.38. The largest absolute Gasteiger partial charge is 0.285 e. The highest BCUT2D eigenvalue weighted by Crippen LogP contribution is 2.46. The smallest absolute Gasteiger partial charge is 0.0604 e. The van der Waals surface area contributed by atoms with Crippen LogP contribution in [0, 0.1) is 18.3 Å². The fraction of sp³-hybridized carbons (Fsp3) is 0.467. The van der Waals surface area contributed by atoms with E-state index in [4.69, 9.17) is 6.42 Å². The molecule has 1 saturated carbocycles. The van der Waals surface area contributed by atoms with Crippen molar-refractivity contribution < 1.29 is 0 Å². The lowest BCUT2D eigenvalue weighted by atomic mass is 9.90. The van der Waals surface area contributed by atoms with Crippen LogP contribution in [0.15, 0.2) is 24.3 Å². The molecule has 3 rings (SSSR count). The zero-order valence-corrected chi connectivity index (χ0v) is 9.52. The van der Waals surface area contributed by atoms with Crippen molar-refractivity contribution in [2.24, 2.45) is 5.92 Å². The molecule has 1 aromatic carbocycles. The molecule has 0 saturated heterocycles. The SMILES string of the molecule is C#CCN1CCc2ccccc2C1C1CC1. The summed E-state index contributed by atoms with van der Waals surface area (Å²) in [6.07, 6.45) is 9.37. The summed E-state index contributed by atoms with van der Waals surface area (Å²) in [6.45, 7) is 1.93. The summed E-state index contributed by atoms with van der Waals surface area (Å²) in [4.78, 5) is 2.49. The van der Waals surface area contributed by atoms with E-state index >= 15 is 0 Å². The Bertz CT molecular complexity index is 425. The van der Waals surface area contributed by atoms with Gasteiger partial charge in [0.25, 0.3) is 0 Å². The molecule has 0 radical (unpaired) electrons. The molecule has 1 heterocycles. The van der Waals surface area contributed by atoms with Crippen LogP contribution in [0.25, 0.3) is 0 Å². The van der Waals surface area contributed by atoms with Crippen LogP contribution in [0.3, 0.4) is 0 Å². The van der Waals surface area contributed by atoms with Crippen molar-refractivity contribution >= 4 is 0 Å². The van der Waals surface area contributed by atoms with Gasteiger partial charge in [-0.15, -0.1) is 6.42 Å². The van der Waals surface area contributed by atoms with Crippen LogP contribution >= 0.6 is 0 Å². The number of benzene rings is 1. The van der Waals surface area contributed by atoms with Gasteiger partial charge in [0.15, 0.2) is 0 Å². The normalized spacial score (nSPS) is 24.8. The van der Waals surface area contributed by atoms with Gasteiger partial charge in [0.2, 0.25) is 0 Å². The second-order valence-corrected chi connectivity index (χ2v) is 4.91. The van der Waals surface area contributed by atoms with E-state index in [1.807, 2.05) is 0 Å². The minimum Gasteiger partial charge on any atom is -0.285 e. The average molecular weight is 211 g/mol. The van der Waals surface area contributed by atoms with Gasteiger partial charge >= 0.3 is 0 Å². The fourth-order valence-corrected chi connectivity index (χ4v) is 2.91. The van der Waals surface area contributed by atoms with E-state index in [-0.39, 0.29) is 0 Å². The topological polar surface area (TPSA) is 3.24 Å². The second kappa shape index (κ2) is 3.96. The molecule has 1 nitrogen and oxygen atoms in total. The van der Waals surface area contributed by atoms with Crippen molar-refractivity contribution in [1.29, 1.82) is 0 Å². The number of hydrogen-bond acceptors (Lipinski definition) is 1. The zero-order chi connectivity index (χ0) is 11.0. The van der Waals surface area contributed by atoms with E-state index in [1.165, 1.54) is 24.0 Å². The third-order valence-corrected chi connectivity index (χ3v) is 3.80. The number of fused-ring (bicyclic) bond motifs is 1. The summed E-state index contributed by atoms with van der Waals surface area (Å²) in [5, 5.41) is 0. The molecule has 0 bridgehead atoms. The first-order valence-electron chi connectivity index (χ1n) is 6.15. The first-order valence-corrected chi connectivity index (χ1v) is 6.15. The van der Waals surface area contributed by atoms with E-state index in [0.29, 0.717) is 6.04 Å². The summed E-state index contributed by atoms with van der Waals surface area (Å²) in [5.74, 6) is 3.66. The van der Waals surface area contributed by atoms with Crippen LogP contribution in [-0.4, -0.2) is 18.0 Å². The fourth-order valence-electron chi connectivity index (χ4n) is 2.91. The Labute approximate surface area is 97.5 Å². The maximum atomic E-state index is 5.47. The second-order valence-electron chi connectivity index (χ2n) is 4.91. The average Bonchev–Trinajstić information content (AvgIpc) is 3.13. The van der Waals surface area contributed by atoms with Crippen molar-refractivity contribution in [3.8, 4) is 12.3 Å². The van der Waals surface area contributed by atoms with Gasteiger partial charge in [-0.3, -0.25) is 4.90 Å². The van der Waals surface area contributed by atoms with Crippen LogP contribution in [0.1, 0.15) is 30.0 Å². The van der Waals surface area contributed by atoms with Crippen molar-refractivity contribution in [2.45, 2.75) is 25.3 Å². The molecule has 1 aromatic rings. The van der Waals surface area contributed by atoms with Gasteiger partial charge in [-0.2, -0.15) is 0 Å². The summed E-state index contributed by atoms with van der Waals surface area (Å²) < 4.78 is 0. The highest BCUT2D eigenvalue weighted by atomic mass is 15.2. The van der Waals surface area contributed by atoms with Crippen molar-refractivity contribution in [1.82, 2.24) is 4.90 Å². The third-order valence-electron chi connectivity index (χ3n) is 3.80. The van der Waals surface area contributed by atoms with Gasteiger partial charge in [-0.1, -0.05) is 30.2 Å². The maximum absolute atomic E-state index is 5.47. The van der Waals surface area contributed by atoms with Crippen LogP contribution in [0.5, 0.6) is 0 Å². The Morgan fingerprint density at radius 3 is 2.88 bits per heavy atom. The quantitative estimate of drug-likeness (QED) is 0.680. The Kier molecular flexibility index (Phi) is 2.46. The van der Waals surface area contributed by atoms with Crippen LogP contribution in [0.4, 0.5) is 0 Å². The molecule has 82 valence electrons. The van der Waals surface area contributed by atoms with Gasteiger partial charge in [-0.05, 0) is 36.3 Å². The first kappa shape index (κ1) is 9.93. The lowest BCUT2D eigenvalue weighted by Crippen LogP contribution is -2.36. The molecule has 1 atom stereocenters. The number of hydrogen-bond donors (Lipinski definition) is 0. The summed E-state index contributed by atoms with van der Waals surface area (Å²) in [6, 6.07) is 9.48. The van der Waals surface area contributed by atoms with Gasteiger partial charge < -0.3 is 0 Å². The lowest BCUT2D eigenvalue weighted by Gasteiger charge is -2.36. The van der Waals surface area contributed by atoms with E-state index < -0.39 is 0 Å². The Morgan fingerprint density at radius 1 is 1.31 bits per heavy atom. The Hall–Kier alpha value is -1.26. The minimum absolute atomic E-state index is 0.598. The molecular formula is C15H17N. The predicted molar refractivity (Wildman–Crippen MR) is 66.0 cm³/mol. The maximum Gasteiger partial charge on any atom is 0.0604 e. The molecule has 2 aliphatic rings.